The summed E-state index contributed by atoms with van der Waals surface area (Å²) < 4.78 is 4.73. The first-order chi connectivity index (χ1) is 6.29. The highest BCUT2D eigenvalue weighted by atomic mass is 16.5. The van der Waals surface area contributed by atoms with Crippen LogP contribution >= 0.6 is 0 Å². The van der Waals surface area contributed by atoms with Crippen LogP contribution in [0.2, 0.25) is 0 Å². The van der Waals surface area contributed by atoms with Crippen LogP contribution in [-0.4, -0.2) is 19.6 Å². The molecule has 1 aliphatic heterocycles. The van der Waals surface area contributed by atoms with Crippen molar-refractivity contribution in [1.82, 2.24) is 5.32 Å². The summed E-state index contributed by atoms with van der Waals surface area (Å²) in [6, 6.07) is 9.62. The van der Waals surface area contributed by atoms with E-state index in [2.05, 4.69) is 5.32 Å². The first-order valence-corrected chi connectivity index (χ1v) is 4.18. The van der Waals surface area contributed by atoms with Gasteiger partial charge in [0, 0.05) is 6.54 Å². The van der Waals surface area contributed by atoms with Crippen LogP contribution < -0.4 is 5.32 Å². The fourth-order valence-electron chi connectivity index (χ4n) is 1.45. The number of methoxy groups -OCH3 is 1. The summed E-state index contributed by atoms with van der Waals surface area (Å²) in [7, 11) is 1.41. The molecular formula is C10H11NO2. The van der Waals surface area contributed by atoms with Crippen molar-refractivity contribution in [3.8, 4) is 0 Å². The van der Waals surface area contributed by atoms with Gasteiger partial charge in [0.2, 0.25) is 0 Å². The summed E-state index contributed by atoms with van der Waals surface area (Å²) in [5.41, 5.74) is 0.414. The molecular weight excluding hydrogens is 166 g/mol. The van der Waals surface area contributed by atoms with E-state index in [1.807, 2.05) is 30.3 Å². The maximum absolute atomic E-state index is 11.4. The topological polar surface area (TPSA) is 48.2 Å². The van der Waals surface area contributed by atoms with Crippen molar-refractivity contribution < 1.29 is 9.53 Å². The Morgan fingerprint density at radius 1 is 1.46 bits per heavy atom. The molecule has 3 nitrogen and oxygen atoms in total. The first-order valence-electron chi connectivity index (χ1n) is 4.18. The maximum Gasteiger partial charge on any atom is 0.332 e. The van der Waals surface area contributed by atoms with E-state index >= 15 is 0 Å². The van der Waals surface area contributed by atoms with Gasteiger partial charge in [-0.25, -0.2) is 4.79 Å². The van der Waals surface area contributed by atoms with Crippen LogP contribution in [0.3, 0.4) is 0 Å². The predicted molar refractivity (Wildman–Crippen MR) is 48.1 cm³/mol. The molecule has 0 radical (unpaired) electrons. The normalized spacial score (nSPS) is 25.3. The Labute approximate surface area is 76.7 Å². The van der Waals surface area contributed by atoms with Gasteiger partial charge in [0.05, 0.1) is 7.11 Å². The number of carbonyl (C=O) groups excluding carboxylic acids is 1. The Morgan fingerprint density at radius 3 is 2.54 bits per heavy atom. The van der Waals surface area contributed by atoms with E-state index in [0.717, 1.165) is 5.56 Å². The number of hydrogen-bond acceptors (Lipinski definition) is 3. The third kappa shape index (κ3) is 1.21. The van der Waals surface area contributed by atoms with Crippen LogP contribution in [0.1, 0.15) is 5.56 Å². The lowest BCUT2D eigenvalue weighted by Crippen LogP contribution is -2.26. The van der Waals surface area contributed by atoms with E-state index in [1.165, 1.54) is 7.11 Å². The molecule has 1 N–H and O–H groups in total. The molecule has 13 heavy (non-hydrogen) atoms. The Bertz CT molecular complexity index is 317. The molecule has 1 saturated heterocycles. The summed E-state index contributed by atoms with van der Waals surface area (Å²) >= 11 is 0. The van der Waals surface area contributed by atoms with Crippen molar-refractivity contribution in [3.63, 3.8) is 0 Å². The molecule has 0 spiro atoms. The highest BCUT2D eigenvalue weighted by Gasteiger charge is 2.52. The van der Waals surface area contributed by atoms with Gasteiger partial charge in [-0.3, -0.25) is 5.32 Å². The van der Waals surface area contributed by atoms with Crippen LogP contribution in [0, 0.1) is 0 Å². The molecule has 1 unspecified atom stereocenters. The molecule has 0 amide bonds. The standard InChI is InChI=1S/C10H11NO2/c1-13-9(12)10(7-11-10)8-5-3-2-4-6-8/h2-6,11H,7H2,1H3. The number of carbonyl (C=O) groups is 1. The third-order valence-electron chi connectivity index (χ3n) is 2.33. The number of benzene rings is 1. The zero-order valence-corrected chi connectivity index (χ0v) is 7.41. The highest BCUT2D eigenvalue weighted by molar-refractivity contribution is 5.86. The first kappa shape index (κ1) is 8.26. The van der Waals surface area contributed by atoms with Gasteiger partial charge in [0.15, 0.2) is 5.54 Å². The van der Waals surface area contributed by atoms with Gasteiger partial charge in [-0.2, -0.15) is 0 Å². The predicted octanol–water partition coefficient (Wildman–Crippen LogP) is 0.658. The summed E-state index contributed by atoms with van der Waals surface area (Å²) in [4.78, 5) is 11.4. The van der Waals surface area contributed by atoms with Crippen LogP contribution in [-0.2, 0) is 15.1 Å². The van der Waals surface area contributed by atoms with E-state index in [4.69, 9.17) is 4.74 Å². The second-order valence-corrected chi connectivity index (χ2v) is 3.12. The number of ether oxygens (including phenoxy) is 1. The van der Waals surface area contributed by atoms with E-state index in [9.17, 15) is 4.79 Å². The number of hydrogen-bond donors (Lipinski definition) is 1. The van der Waals surface area contributed by atoms with Crippen molar-refractivity contribution in [2.45, 2.75) is 5.54 Å². The average Bonchev–Trinajstić information content (AvgIpc) is 2.99. The van der Waals surface area contributed by atoms with E-state index < -0.39 is 5.54 Å². The smallest absolute Gasteiger partial charge is 0.332 e. The van der Waals surface area contributed by atoms with Gasteiger partial charge in [0.25, 0.3) is 0 Å². The Morgan fingerprint density at radius 2 is 2.08 bits per heavy atom. The Balaban J connectivity index is 2.31. The maximum atomic E-state index is 11.4. The largest absolute Gasteiger partial charge is 0.467 e. The number of nitrogens with one attached hydrogen (secondary N) is 1. The van der Waals surface area contributed by atoms with Gasteiger partial charge in [-0.1, -0.05) is 30.3 Å². The molecule has 1 aromatic rings. The highest BCUT2D eigenvalue weighted by Crippen LogP contribution is 2.31. The van der Waals surface area contributed by atoms with Gasteiger partial charge in [0.1, 0.15) is 0 Å². The van der Waals surface area contributed by atoms with Crippen molar-refractivity contribution in [1.29, 1.82) is 0 Å². The molecule has 1 heterocycles. The van der Waals surface area contributed by atoms with Crippen molar-refractivity contribution >= 4 is 5.97 Å². The third-order valence-corrected chi connectivity index (χ3v) is 2.33. The van der Waals surface area contributed by atoms with Crippen molar-refractivity contribution in [3.05, 3.63) is 35.9 Å². The monoisotopic (exact) mass is 177 g/mol. The second-order valence-electron chi connectivity index (χ2n) is 3.12. The molecule has 1 aromatic carbocycles. The van der Waals surface area contributed by atoms with Crippen LogP contribution in [0.4, 0.5) is 0 Å². The molecule has 1 atom stereocenters. The quantitative estimate of drug-likeness (QED) is 0.533. The van der Waals surface area contributed by atoms with Crippen molar-refractivity contribution in [2.75, 3.05) is 13.7 Å². The zero-order valence-electron chi connectivity index (χ0n) is 7.41. The minimum absolute atomic E-state index is 0.210. The minimum atomic E-state index is -0.560. The van der Waals surface area contributed by atoms with Crippen LogP contribution in [0.25, 0.3) is 0 Å². The molecule has 0 bridgehead atoms. The minimum Gasteiger partial charge on any atom is -0.467 e. The van der Waals surface area contributed by atoms with Gasteiger partial charge >= 0.3 is 5.97 Å². The molecule has 0 aliphatic carbocycles. The van der Waals surface area contributed by atoms with Gasteiger partial charge in [-0.15, -0.1) is 0 Å². The lowest BCUT2D eigenvalue weighted by Gasteiger charge is -2.10. The second kappa shape index (κ2) is 2.85. The molecule has 0 saturated carbocycles. The number of esters is 1. The summed E-state index contributed by atoms with van der Waals surface area (Å²) in [6.45, 7) is 0.670. The Kier molecular flexibility index (Phi) is 1.81. The molecule has 2 rings (SSSR count). The lowest BCUT2D eigenvalue weighted by molar-refractivity contribution is -0.143. The lowest BCUT2D eigenvalue weighted by atomic mass is 10.00. The van der Waals surface area contributed by atoms with E-state index in [1.54, 1.807) is 0 Å². The molecule has 68 valence electrons. The van der Waals surface area contributed by atoms with Crippen LogP contribution in [0.15, 0.2) is 30.3 Å². The Hall–Kier alpha value is -1.35. The van der Waals surface area contributed by atoms with Crippen LogP contribution in [0.5, 0.6) is 0 Å². The molecule has 3 heteroatoms. The zero-order chi connectivity index (χ0) is 9.31. The summed E-state index contributed by atoms with van der Waals surface area (Å²) in [6.07, 6.45) is 0. The molecule has 1 aliphatic rings. The molecule has 0 aromatic heterocycles. The van der Waals surface area contributed by atoms with Gasteiger partial charge in [-0.05, 0) is 5.56 Å². The summed E-state index contributed by atoms with van der Waals surface area (Å²) in [5.74, 6) is -0.210. The molecule has 1 fully saturated rings. The average molecular weight is 177 g/mol. The fraction of sp³-hybridized carbons (Fsp3) is 0.300. The fourth-order valence-corrected chi connectivity index (χ4v) is 1.45. The SMILES string of the molecule is COC(=O)C1(c2ccccc2)CN1. The van der Waals surface area contributed by atoms with E-state index in [0.29, 0.717) is 6.54 Å². The van der Waals surface area contributed by atoms with Gasteiger partial charge < -0.3 is 4.74 Å². The van der Waals surface area contributed by atoms with E-state index in [-0.39, 0.29) is 5.97 Å². The van der Waals surface area contributed by atoms with Crippen molar-refractivity contribution in [2.24, 2.45) is 0 Å². The number of rotatable bonds is 2. The summed E-state index contributed by atoms with van der Waals surface area (Å²) in [5, 5.41) is 3.04.